The lowest BCUT2D eigenvalue weighted by molar-refractivity contribution is 0.590. The molecular formula is C23H31N5O2S. The number of nitrogens with zero attached hydrogens (tertiary/aromatic N) is 3. The van der Waals surface area contributed by atoms with Crippen molar-refractivity contribution in [1.29, 1.82) is 0 Å². The first-order valence-corrected chi connectivity index (χ1v) is 12.4. The van der Waals surface area contributed by atoms with Crippen molar-refractivity contribution < 1.29 is 8.42 Å². The van der Waals surface area contributed by atoms with Crippen LogP contribution in [0.2, 0.25) is 0 Å². The van der Waals surface area contributed by atoms with E-state index in [0.29, 0.717) is 19.0 Å². The van der Waals surface area contributed by atoms with Crippen LogP contribution in [0.5, 0.6) is 0 Å². The van der Waals surface area contributed by atoms with Crippen molar-refractivity contribution in [1.82, 2.24) is 10.6 Å². The Morgan fingerprint density at radius 2 is 1.90 bits per heavy atom. The quantitative estimate of drug-likeness (QED) is 0.531. The third kappa shape index (κ3) is 4.95. The van der Waals surface area contributed by atoms with E-state index in [4.69, 9.17) is 0 Å². The van der Waals surface area contributed by atoms with Crippen LogP contribution in [0, 0.1) is 6.92 Å². The molecule has 2 aliphatic heterocycles. The third-order valence-electron chi connectivity index (χ3n) is 5.98. The van der Waals surface area contributed by atoms with Gasteiger partial charge in [0.05, 0.1) is 11.4 Å². The molecule has 1 saturated heterocycles. The Kier molecular flexibility index (Phi) is 6.36. The molecule has 1 atom stereocenters. The number of benzene rings is 2. The average Bonchev–Trinajstić information content (AvgIpc) is 3.41. The summed E-state index contributed by atoms with van der Waals surface area (Å²) in [6, 6.07) is 16.6. The Labute approximate surface area is 185 Å². The number of hydrogen-bond donors (Lipinski definition) is 2. The number of para-hydroxylation sites is 1. The number of nitrogens with one attached hydrogen (secondary N) is 2. The zero-order valence-corrected chi connectivity index (χ0v) is 19.0. The number of guanidine groups is 1. The van der Waals surface area contributed by atoms with Gasteiger partial charge in [-0.15, -0.1) is 0 Å². The first-order valence-electron chi connectivity index (χ1n) is 10.8. The van der Waals surface area contributed by atoms with Crippen molar-refractivity contribution in [3.8, 4) is 0 Å². The Hall–Kier alpha value is -2.74. The Bertz CT molecular complexity index is 1040. The molecule has 0 saturated carbocycles. The highest BCUT2D eigenvalue weighted by Gasteiger charge is 2.29. The molecule has 2 aromatic rings. The predicted molar refractivity (Wildman–Crippen MR) is 128 cm³/mol. The number of hydrogen-bond acceptors (Lipinski definition) is 4. The molecule has 4 rings (SSSR count). The Morgan fingerprint density at radius 3 is 2.68 bits per heavy atom. The summed E-state index contributed by atoms with van der Waals surface area (Å²) in [5, 5.41) is 6.61. The minimum atomic E-state index is -3.37. The molecule has 2 aromatic carbocycles. The van der Waals surface area contributed by atoms with Gasteiger partial charge in [0.2, 0.25) is 10.0 Å². The third-order valence-corrected chi connectivity index (χ3v) is 7.76. The topological polar surface area (TPSA) is 77.0 Å². The van der Waals surface area contributed by atoms with Gasteiger partial charge in [0, 0.05) is 45.0 Å². The molecule has 1 unspecified atom stereocenters. The number of sulfonamides is 1. The van der Waals surface area contributed by atoms with E-state index in [1.165, 1.54) is 15.6 Å². The van der Waals surface area contributed by atoms with Crippen LogP contribution in [-0.2, 0) is 16.4 Å². The molecule has 0 spiro atoms. The summed E-state index contributed by atoms with van der Waals surface area (Å²) >= 11 is 0. The Morgan fingerprint density at radius 1 is 1.13 bits per heavy atom. The van der Waals surface area contributed by atoms with E-state index in [1.54, 1.807) is 7.05 Å². The monoisotopic (exact) mass is 441 g/mol. The van der Waals surface area contributed by atoms with E-state index in [-0.39, 0.29) is 11.8 Å². The summed E-state index contributed by atoms with van der Waals surface area (Å²) < 4.78 is 27.2. The fraction of sp³-hybridized carbons (Fsp3) is 0.435. The van der Waals surface area contributed by atoms with Crippen LogP contribution in [0.15, 0.2) is 53.5 Å². The van der Waals surface area contributed by atoms with Crippen LogP contribution in [-0.4, -0.2) is 59.4 Å². The molecule has 0 amide bonds. The highest BCUT2D eigenvalue weighted by atomic mass is 32.2. The maximum Gasteiger partial charge on any atom is 0.236 e. The van der Waals surface area contributed by atoms with Gasteiger partial charge in [0.25, 0.3) is 0 Å². The number of rotatable bonds is 6. The van der Waals surface area contributed by atoms with E-state index in [9.17, 15) is 8.42 Å². The largest absolute Gasteiger partial charge is 0.369 e. The van der Waals surface area contributed by atoms with Gasteiger partial charge in [-0.2, -0.15) is 0 Å². The van der Waals surface area contributed by atoms with Crippen molar-refractivity contribution in [2.75, 3.05) is 48.2 Å². The van der Waals surface area contributed by atoms with Crippen LogP contribution >= 0.6 is 0 Å². The van der Waals surface area contributed by atoms with Crippen molar-refractivity contribution >= 4 is 27.4 Å². The van der Waals surface area contributed by atoms with Gasteiger partial charge >= 0.3 is 0 Å². The first-order chi connectivity index (χ1) is 15.0. The van der Waals surface area contributed by atoms with Gasteiger partial charge in [-0.3, -0.25) is 9.30 Å². The van der Waals surface area contributed by atoms with Crippen molar-refractivity contribution in [2.45, 2.75) is 25.8 Å². The van der Waals surface area contributed by atoms with E-state index >= 15 is 0 Å². The zero-order chi connectivity index (χ0) is 21.8. The van der Waals surface area contributed by atoms with Crippen LogP contribution < -0.4 is 19.8 Å². The average molecular weight is 442 g/mol. The van der Waals surface area contributed by atoms with Gasteiger partial charge in [0.1, 0.15) is 0 Å². The number of aliphatic imine (C=N–C) groups is 1. The van der Waals surface area contributed by atoms with Gasteiger partial charge in [0.15, 0.2) is 5.96 Å². The molecule has 2 aliphatic rings. The molecule has 0 radical (unpaired) electrons. The minimum Gasteiger partial charge on any atom is -0.369 e. The van der Waals surface area contributed by atoms with Gasteiger partial charge in [-0.05, 0) is 43.5 Å². The smallest absolute Gasteiger partial charge is 0.236 e. The second-order valence-electron chi connectivity index (χ2n) is 8.18. The molecule has 1 fully saturated rings. The summed E-state index contributed by atoms with van der Waals surface area (Å²) in [6.07, 6.45) is 1.78. The molecule has 0 aromatic heterocycles. The van der Waals surface area contributed by atoms with Crippen molar-refractivity contribution in [3.63, 3.8) is 0 Å². The van der Waals surface area contributed by atoms with E-state index in [1.807, 2.05) is 24.3 Å². The number of anilines is 2. The van der Waals surface area contributed by atoms with Crippen LogP contribution in [0.25, 0.3) is 0 Å². The number of fused-ring (bicyclic) bond motifs is 1. The SMILES string of the molecule is CN=C(NCCS(=O)(=O)N1CCc2ccccc21)NC1CCN(c2ccc(C)cc2)C1. The van der Waals surface area contributed by atoms with Gasteiger partial charge in [-0.1, -0.05) is 35.9 Å². The van der Waals surface area contributed by atoms with Crippen LogP contribution in [0.4, 0.5) is 11.4 Å². The van der Waals surface area contributed by atoms with Gasteiger partial charge < -0.3 is 15.5 Å². The lowest BCUT2D eigenvalue weighted by atomic mass is 10.2. The fourth-order valence-corrected chi connectivity index (χ4v) is 5.69. The normalized spacial score (nSPS) is 18.9. The second-order valence-corrected chi connectivity index (χ2v) is 10.2. The molecule has 0 aliphatic carbocycles. The summed E-state index contributed by atoms with van der Waals surface area (Å²) in [5.41, 5.74) is 4.40. The summed E-state index contributed by atoms with van der Waals surface area (Å²) in [5.74, 6) is 0.676. The van der Waals surface area contributed by atoms with E-state index < -0.39 is 10.0 Å². The molecule has 0 bridgehead atoms. The standard InChI is InChI=1S/C23H31N5O2S/c1-18-7-9-21(10-8-18)27-14-12-20(17-27)26-23(24-2)25-13-16-31(29,30)28-15-11-19-5-3-4-6-22(19)28/h3-10,20H,11-17H2,1-2H3,(H2,24,25,26). The Balaban J connectivity index is 1.27. The lowest BCUT2D eigenvalue weighted by Gasteiger charge is -2.22. The molecule has 2 heterocycles. The second kappa shape index (κ2) is 9.18. The molecule has 2 N–H and O–H groups in total. The minimum absolute atomic E-state index is 0.0300. The lowest BCUT2D eigenvalue weighted by Crippen LogP contribution is -2.46. The molecular weight excluding hydrogens is 410 g/mol. The highest BCUT2D eigenvalue weighted by molar-refractivity contribution is 7.92. The number of aryl methyl sites for hydroxylation is 1. The molecule has 31 heavy (non-hydrogen) atoms. The molecule has 7 nitrogen and oxygen atoms in total. The predicted octanol–water partition coefficient (Wildman–Crippen LogP) is 2.13. The first kappa shape index (κ1) is 21.5. The van der Waals surface area contributed by atoms with Gasteiger partial charge in [-0.25, -0.2) is 8.42 Å². The van der Waals surface area contributed by atoms with Crippen molar-refractivity contribution in [3.05, 3.63) is 59.7 Å². The van der Waals surface area contributed by atoms with E-state index in [2.05, 4.69) is 51.7 Å². The van der Waals surface area contributed by atoms with Crippen LogP contribution in [0.3, 0.4) is 0 Å². The maximum atomic E-state index is 12.9. The molecule has 166 valence electrons. The maximum absolute atomic E-state index is 12.9. The zero-order valence-electron chi connectivity index (χ0n) is 18.2. The highest BCUT2D eigenvalue weighted by Crippen LogP contribution is 2.29. The van der Waals surface area contributed by atoms with E-state index in [0.717, 1.165) is 37.2 Å². The van der Waals surface area contributed by atoms with Crippen LogP contribution in [0.1, 0.15) is 17.5 Å². The summed E-state index contributed by atoms with van der Waals surface area (Å²) in [4.78, 5) is 6.64. The fourth-order valence-electron chi connectivity index (χ4n) is 4.26. The van der Waals surface area contributed by atoms with Crippen molar-refractivity contribution in [2.24, 2.45) is 4.99 Å². The summed E-state index contributed by atoms with van der Waals surface area (Å²) in [6.45, 7) is 4.81. The molecule has 8 heteroatoms. The summed E-state index contributed by atoms with van der Waals surface area (Å²) in [7, 11) is -1.66.